The second kappa shape index (κ2) is 4.72. The third kappa shape index (κ3) is 2.42. The number of nitrogens with one attached hydrogen (secondary N) is 1. The highest BCUT2D eigenvalue weighted by atomic mass is 16.6. The lowest BCUT2D eigenvalue weighted by molar-refractivity contribution is 0.172. The van der Waals surface area contributed by atoms with Crippen LogP contribution in [0.1, 0.15) is 11.5 Å². The van der Waals surface area contributed by atoms with Crippen molar-refractivity contribution in [3.05, 3.63) is 29.7 Å². The molecule has 0 fully saturated rings. The van der Waals surface area contributed by atoms with E-state index in [-0.39, 0.29) is 0 Å². The summed E-state index contributed by atoms with van der Waals surface area (Å²) >= 11 is 0. The van der Waals surface area contributed by atoms with E-state index < -0.39 is 0 Å². The maximum Gasteiger partial charge on any atom is 0.163 e. The fourth-order valence-corrected chi connectivity index (χ4v) is 1.94. The minimum atomic E-state index is 0.519. The van der Waals surface area contributed by atoms with Crippen LogP contribution in [0.25, 0.3) is 0 Å². The topological polar surface area (TPSA) is 82.5 Å². The van der Waals surface area contributed by atoms with Crippen molar-refractivity contribution in [3.63, 3.8) is 0 Å². The summed E-state index contributed by atoms with van der Waals surface area (Å²) in [6, 6.07) is 5.48. The normalized spacial score (nSPS) is 13.3. The van der Waals surface area contributed by atoms with E-state index in [0.29, 0.717) is 36.9 Å². The zero-order valence-corrected chi connectivity index (χ0v) is 10.6. The zero-order chi connectivity index (χ0) is 13.2. The Hall–Kier alpha value is -2.37. The first kappa shape index (κ1) is 11.7. The Bertz CT molecular complexity index is 595. The number of nitrogens with zero attached hydrogens (tertiary/aromatic N) is 1. The summed E-state index contributed by atoms with van der Waals surface area (Å²) in [6.45, 7) is 3.50. The van der Waals surface area contributed by atoms with Gasteiger partial charge in [-0.25, -0.2) is 0 Å². The summed E-state index contributed by atoms with van der Waals surface area (Å²) < 4.78 is 16.1. The van der Waals surface area contributed by atoms with Crippen molar-refractivity contribution in [2.75, 3.05) is 24.3 Å². The largest absolute Gasteiger partial charge is 0.486 e. The lowest BCUT2D eigenvalue weighted by Gasteiger charge is -2.20. The molecule has 2 heterocycles. The van der Waals surface area contributed by atoms with Crippen molar-refractivity contribution >= 4 is 11.4 Å². The predicted octanol–water partition coefficient (Wildman–Crippen LogP) is 1.95. The van der Waals surface area contributed by atoms with Crippen molar-refractivity contribution < 1.29 is 14.0 Å². The minimum absolute atomic E-state index is 0.519. The van der Waals surface area contributed by atoms with E-state index in [1.165, 1.54) is 0 Å². The highest BCUT2D eigenvalue weighted by molar-refractivity contribution is 5.72. The van der Waals surface area contributed by atoms with E-state index >= 15 is 0 Å². The number of aromatic nitrogens is 1. The van der Waals surface area contributed by atoms with Gasteiger partial charge in [0.2, 0.25) is 0 Å². The van der Waals surface area contributed by atoms with Crippen LogP contribution >= 0.6 is 0 Å². The van der Waals surface area contributed by atoms with Crippen LogP contribution in [0.3, 0.4) is 0 Å². The van der Waals surface area contributed by atoms with E-state index in [1.807, 2.05) is 19.1 Å². The molecule has 0 atom stereocenters. The molecule has 3 N–H and O–H groups in total. The molecule has 0 saturated heterocycles. The molecule has 0 bridgehead atoms. The molecular formula is C13H15N3O3. The van der Waals surface area contributed by atoms with Crippen LogP contribution in [0, 0.1) is 6.92 Å². The molecule has 3 rings (SSSR count). The Morgan fingerprint density at radius 2 is 1.95 bits per heavy atom. The molecule has 100 valence electrons. The molecular weight excluding hydrogens is 246 g/mol. The Labute approximate surface area is 110 Å². The molecule has 0 unspecified atom stereocenters. The maximum atomic E-state index is 5.97. The molecule has 6 nitrogen and oxygen atoms in total. The van der Waals surface area contributed by atoms with E-state index in [1.54, 1.807) is 6.07 Å². The molecule has 0 amide bonds. The number of nitrogen functional groups attached to an aromatic ring is 1. The molecule has 1 aromatic carbocycles. The van der Waals surface area contributed by atoms with Crippen molar-refractivity contribution in [3.8, 4) is 11.5 Å². The molecule has 0 saturated carbocycles. The van der Waals surface area contributed by atoms with Crippen LogP contribution in [0.15, 0.2) is 22.7 Å². The van der Waals surface area contributed by atoms with E-state index in [0.717, 1.165) is 17.1 Å². The average Bonchev–Trinajstić information content (AvgIpc) is 2.82. The molecule has 0 spiro atoms. The first-order valence-corrected chi connectivity index (χ1v) is 6.07. The van der Waals surface area contributed by atoms with Crippen molar-refractivity contribution in [2.24, 2.45) is 0 Å². The van der Waals surface area contributed by atoms with Gasteiger partial charge >= 0.3 is 0 Å². The van der Waals surface area contributed by atoms with Crippen LogP contribution in [-0.2, 0) is 6.54 Å². The lowest BCUT2D eigenvalue weighted by atomic mass is 10.2. The monoisotopic (exact) mass is 261 g/mol. The van der Waals surface area contributed by atoms with Gasteiger partial charge in [-0.15, -0.1) is 0 Å². The van der Waals surface area contributed by atoms with Gasteiger partial charge in [-0.2, -0.15) is 0 Å². The second-order valence-corrected chi connectivity index (χ2v) is 4.37. The predicted molar refractivity (Wildman–Crippen MR) is 70.4 cm³/mol. The SMILES string of the molecule is Cc1cc(CNc2cc3c(cc2N)OCCO3)on1. The third-order valence-electron chi connectivity index (χ3n) is 2.84. The molecule has 19 heavy (non-hydrogen) atoms. The summed E-state index contributed by atoms with van der Waals surface area (Å²) in [5, 5.41) is 7.03. The number of rotatable bonds is 3. The van der Waals surface area contributed by atoms with Gasteiger partial charge in [-0.1, -0.05) is 5.16 Å². The lowest BCUT2D eigenvalue weighted by Crippen LogP contribution is -2.16. The van der Waals surface area contributed by atoms with Crippen LogP contribution in [0.4, 0.5) is 11.4 Å². The average molecular weight is 261 g/mol. The quantitative estimate of drug-likeness (QED) is 0.822. The number of anilines is 2. The van der Waals surface area contributed by atoms with Gasteiger partial charge in [-0.05, 0) is 6.92 Å². The molecule has 2 aromatic rings. The zero-order valence-electron chi connectivity index (χ0n) is 10.6. The van der Waals surface area contributed by atoms with Crippen LogP contribution < -0.4 is 20.5 Å². The summed E-state index contributed by atoms with van der Waals surface area (Å²) in [4.78, 5) is 0. The Balaban J connectivity index is 1.77. The smallest absolute Gasteiger partial charge is 0.163 e. The van der Waals surface area contributed by atoms with Crippen molar-refractivity contribution in [1.82, 2.24) is 5.16 Å². The number of hydrogen-bond acceptors (Lipinski definition) is 6. The maximum absolute atomic E-state index is 5.97. The van der Waals surface area contributed by atoms with Crippen LogP contribution in [0.2, 0.25) is 0 Å². The Morgan fingerprint density at radius 3 is 2.63 bits per heavy atom. The minimum Gasteiger partial charge on any atom is -0.486 e. The molecule has 6 heteroatoms. The molecule has 1 aliphatic rings. The number of benzene rings is 1. The van der Waals surface area contributed by atoms with Crippen LogP contribution in [0.5, 0.6) is 11.5 Å². The highest BCUT2D eigenvalue weighted by Crippen LogP contribution is 2.37. The first-order valence-electron chi connectivity index (χ1n) is 6.07. The molecule has 0 aliphatic carbocycles. The van der Waals surface area contributed by atoms with Gasteiger partial charge in [0.05, 0.1) is 23.6 Å². The van der Waals surface area contributed by atoms with Gasteiger partial charge in [0.1, 0.15) is 13.2 Å². The fraction of sp³-hybridized carbons (Fsp3) is 0.308. The Kier molecular flexibility index (Phi) is 2.91. The van der Waals surface area contributed by atoms with E-state index in [9.17, 15) is 0 Å². The number of nitrogens with two attached hydrogens (primary N) is 1. The van der Waals surface area contributed by atoms with Gasteiger partial charge in [0.15, 0.2) is 17.3 Å². The van der Waals surface area contributed by atoms with Crippen LogP contribution in [-0.4, -0.2) is 18.4 Å². The van der Waals surface area contributed by atoms with Crippen molar-refractivity contribution in [1.29, 1.82) is 0 Å². The Morgan fingerprint density at radius 1 is 1.21 bits per heavy atom. The summed E-state index contributed by atoms with van der Waals surface area (Å²) in [5.74, 6) is 2.15. The third-order valence-corrected chi connectivity index (χ3v) is 2.84. The van der Waals surface area contributed by atoms with Gasteiger partial charge in [0.25, 0.3) is 0 Å². The summed E-state index contributed by atoms with van der Waals surface area (Å²) in [6.07, 6.45) is 0. The van der Waals surface area contributed by atoms with E-state index in [2.05, 4.69) is 10.5 Å². The molecule has 0 radical (unpaired) electrons. The summed E-state index contributed by atoms with van der Waals surface area (Å²) in [7, 11) is 0. The highest BCUT2D eigenvalue weighted by Gasteiger charge is 2.14. The summed E-state index contributed by atoms with van der Waals surface area (Å²) in [5.41, 5.74) is 8.23. The van der Waals surface area contributed by atoms with Crippen molar-refractivity contribution in [2.45, 2.75) is 13.5 Å². The first-order chi connectivity index (χ1) is 9.22. The standard InChI is InChI=1S/C13H15N3O3/c1-8-4-9(19-16-8)7-15-11-6-13-12(5-10(11)14)17-2-3-18-13/h4-6,15H,2-3,7,14H2,1H3. The number of hydrogen-bond donors (Lipinski definition) is 2. The molecule has 1 aromatic heterocycles. The second-order valence-electron chi connectivity index (χ2n) is 4.37. The van der Waals surface area contributed by atoms with Gasteiger partial charge in [-0.3, -0.25) is 0 Å². The molecule has 1 aliphatic heterocycles. The number of ether oxygens (including phenoxy) is 2. The van der Waals surface area contributed by atoms with E-state index in [4.69, 9.17) is 19.7 Å². The van der Waals surface area contributed by atoms with Gasteiger partial charge < -0.3 is 25.0 Å². The van der Waals surface area contributed by atoms with Gasteiger partial charge in [0, 0.05) is 18.2 Å². The number of fused-ring (bicyclic) bond motifs is 1. The fourth-order valence-electron chi connectivity index (χ4n) is 1.94. The number of aryl methyl sites for hydroxylation is 1.